The fourth-order valence-corrected chi connectivity index (χ4v) is 11.9. The predicted octanol–water partition coefficient (Wildman–Crippen LogP) is 0.783. The Labute approximate surface area is 248 Å². The molecule has 4 saturated carbocycles. The molecule has 42 heavy (non-hydrogen) atoms. The zero-order valence-corrected chi connectivity index (χ0v) is 25.6. The van der Waals surface area contributed by atoms with E-state index in [9.17, 15) is 35.4 Å². The van der Waals surface area contributed by atoms with E-state index in [1.54, 1.807) is 13.8 Å². The van der Waals surface area contributed by atoms with E-state index in [1.165, 1.54) is 0 Å². The number of aliphatic hydroxyl groups is 6. The van der Waals surface area contributed by atoms with Gasteiger partial charge in [0.05, 0.1) is 29.3 Å². The van der Waals surface area contributed by atoms with Gasteiger partial charge in [0.2, 0.25) is 0 Å². The van der Waals surface area contributed by atoms with Gasteiger partial charge in [0, 0.05) is 42.3 Å². The van der Waals surface area contributed by atoms with Gasteiger partial charge in [-0.15, -0.1) is 0 Å². The summed E-state index contributed by atoms with van der Waals surface area (Å²) < 4.78 is 12.8. The lowest BCUT2D eigenvalue weighted by Crippen LogP contribution is -2.77. The van der Waals surface area contributed by atoms with E-state index in [-0.39, 0.29) is 24.8 Å². The summed E-state index contributed by atoms with van der Waals surface area (Å²) in [7, 11) is 0. The molecule has 4 bridgehead atoms. The molecule has 10 heteroatoms. The minimum absolute atomic E-state index is 0.116. The van der Waals surface area contributed by atoms with Gasteiger partial charge in [0.1, 0.15) is 11.7 Å². The van der Waals surface area contributed by atoms with Gasteiger partial charge < -0.3 is 40.1 Å². The Bertz CT molecular complexity index is 1140. The van der Waals surface area contributed by atoms with Crippen molar-refractivity contribution in [2.75, 3.05) is 13.1 Å². The molecule has 0 radical (unpaired) electrons. The van der Waals surface area contributed by atoms with Gasteiger partial charge in [-0.2, -0.15) is 0 Å². The lowest BCUT2D eigenvalue weighted by atomic mass is 9.49. The van der Waals surface area contributed by atoms with E-state index in [2.05, 4.69) is 11.8 Å². The van der Waals surface area contributed by atoms with Crippen LogP contribution in [0.3, 0.4) is 0 Å². The second kappa shape index (κ2) is 9.12. The van der Waals surface area contributed by atoms with E-state index in [4.69, 9.17) is 9.47 Å². The lowest BCUT2D eigenvalue weighted by molar-refractivity contribution is -0.299. The molecule has 0 aromatic carbocycles. The van der Waals surface area contributed by atoms with Gasteiger partial charge >= 0.3 is 5.97 Å². The van der Waals surface area contributed by atoms with E-state index < -0.39 is 88.0 Å². The van der Waals surface area contributed by atoms with Crippen LogP contribution in [-0.4, -0.2) is 108 Å². The third kappa shape index (κ3) is 3.36. The minimum atomic E-state index is -1.87. The van der Waals surface area contributed by atoms with Crippen LogP contribution < -0.4 is 0 Å². The first-order valence-corrected chi connectivity index (χ1v) is 16.4. The van der Waals surface area contributed by atoms with E-state index >= 15 is 0 Å². The molecule has 0 aromatic rings. The Morgan fingerprint density at radius 3 is 2.50 bits per heavy atom. The molecule has 0 amide bonds. The van der Waals surface area contributed by atoms with Gasteiger partial charge in [-0.25, -0.2) is 0 Å². The smallest absolute Gasteiger partial charge is 0.309 e. The van der Waals surface area contributed by atoms with Crippen molar-refractivity contribution in [1.82, 2.24) is 4.90 Å². The summed E-state index contributed by atoms with van der Waals surface area (Å²) in [4.78, 5) is 15.7. The molecule has 17 atom stereocenters. The highest BCUT2D eigenvalue weighted by molar-refractivity contribution is 5.72. The van der Waals surface area contributed by atoms with Gasteiger partial charge in [-0.3, -0.25) is 9.69 Å². The highest BCUT2D eigenvalue weighted by atomic mass is 16.7. The van der Waals surface area contributed by atoms with Crippen molar-refractivity contribution >= 4 is 5.97 Å². The maximum Gasteiger partial charge on any atom is 0.309 e. The number of rotatable bonds is 3. The summed E-state index contributed by atoms with van der Waals surface area (Å²) in [5.41, 5.74) is -5.07. The van der Waals surface area contributed by atoms with Gasteiger partial charge in [0.25, 0.3) is 0 Å². The molecule has 3 aliphatic heterocycles. The van der Waals surface area contributed by atoms with Crippen LogP contribution in [0.5, 0.6) is 0 Å². The van der Waals surface area contributed by atoms with Gasteiger partial charge in [-0.05, 0) is 69.6 Å². The summed E-state index contributed by atoms with van der Waals surface area (Å²) in [6, 6.07) is -0.172. The molecular formula is C32H51NO9. The highest BCUT2D eigenvalue weighted by Gasteiger charge is 2.86. The molecule has 0 unspecified atom stereocenters. The molecule has 3 heterocycles. The largest absolute Gasteiger partial charge is 0.456 e. The predicted molar refractivity (Wildman–Crippen MR) is 149 cm³/mol. The Balaban J connectivity index is 1.39. The monoisotopic (exact) mass is 593 g/mol. The number of aliphatic hydroxyl groups excluding tert-OH is 3. The number of hydrogen-bond acceptors (Lipinski definition) is 10. The maximum atomic E-state index is 13.4. The van der Waals surface area contributed by atoms with Crippen molar-refractivity contribution in [3.05, 3.63) is 0 Å². The molecule has 7 fully saturated rings. The molecule has 6 N–H and O–H groups in total. The molecule has 3 saturated heterocycles. The fraction of sp³-hybridized carbons (Fsp3) is 0.969. The number of ether oxygens (including phenoxy) is 2. The first-order chi connectivity index (χ1) is 19.6. The number of esters is 1. The van der Waals surface area contributed by atoms with Crippen LogP contribution in [0.15, 0.2) is 0 Å². The van der Waals surface area contributed by atoms with Crippen molar-refractivity contribution in [3.63, 3.8) is 0 Å². The summed E-state index contributed by atoms with van der Waals surface area (Å²) in [5, 5.41) is 72.3. The number of fused-ring (bicyclic) bond motifs is 5. The number of carbonyl (C=O) groups excluding carboxylic acids is 1. The van der Waals surface area contributed by atoms with Crippen LogP contribution in [0.25, 0.3) is 0 Å². The minimum Gasteiger partial charge on any atom is -0.456 e. The number of piperidine rings is 2. The maximum absolute atomic E-state index is 13.4. The molecular weight excluding hydrogens is 542 g/mol. The van der Waals surface area contributed by atoms with Crippen molar-refractivity contribution in [1.29, 1.82) is 0 Å². The fourth-order valence-electron chi connectivity index (χ4n) is 11.9. The molecule has 7 rings (SSSR count). The quantitative estimate of drug-likeness (QED) is 0.258. The second-order valence-corrected chi connectivity index (χ2v) is 16.0. The van der Waals surface area contributed by atoms with Crippen molar-refractivity contribution in [2.24, 2.45) is 46.8 Å². The third-order valence-corrected chi connectivity index (χ3v) is 14.1. The van der Waals surface area contributed by atoms with Crippen molar-refractivity contribution < 1.29 is 44.9 Å². The van der Waals surface area contributed by atoms with Crippen molar-refractivity contribution in [2.45, 2.75) is 133 Å². The van der Waals surface area contributed by atoms with Crippen LogP contribution in [0.2, 0.25) is 0 Å². The first kappa shape index (κ1) is 29.8. The molecule has 7 aliphatic rings. The topological polar surface area (TPSA) is 160 Å². The third-order valence-electron chi connectivity index (χ3n) is 14.1. The summed E-state index contributed by atoms with van der Waals surface area (Å²) >= 11 is 0. The molecule has 1 spiro atoms. The Kier molecular flexibility index (Phi) is 6.48. The summed E-state index contributed by atoms with van der Waals surface area (Å²) in [5.74, 6) is -5.58. The molecule has 0 aromatic heterocycles. The Morgan fingerprint density at radius 1 is 1.10 bits per heavy atom. The van der Waals surface area contributed by atoms with Gasteiger partial charge in [-0.1, -0.05) is 27.7 Å². The first-order valence-electron chi connectivity index (χ1n) is 16.4. The second-order valence-electron chi connectivity index (χ2n) is 16.0. The van der Waals surface area contributed by atoms with Crippen LogP contribution in [-0.2, 0) is 14.3 Å². The van der Waals surface area contributed by atoms with Crippen LogP contribution >= 0.6 is 0 Å². The van der Waals surface area contributed by atoms with Crippen LogP contribution in [0, 0.1) is 46.8 Å². The molecule has 4 aliphatic carbocycles. The average molecular weight is 594 g/mol. The Morgan fingerprint density at radius 2 is 1.81 bits per heavy atom. The average Bonchev–Trinajstić information content (AvgIpc) is 3.21. The van der Waals surface area contributed by atoms with E-state index in [1.807, 2.05) is 13.8 Å². The van der Waals surface area contributed by atoms with Crippen LogP contribution in [0.4, 0.5) is 0 Å². The summed E-state index contributed by atoms with van der Waals surface area (Å²) in [6.45, 7) is 11.0. The summed E-state index contributed by atoms with van der Waals surface area (Å²) in [6.07, 6.45) is -1.47. The van der Waals surface area contributed by atoms with E-state index in [0.717, 1.165) is 19.4 Å². The zero-order chi connectivity index (χ0) is 30.4. The Hall–Kier alpha value is -0.850. The number of hydrogen-bond donors (Lipinski definition) is 6. The molecule has 10 nitrogen and oxygen atoms in total. The van der Waals surface area contributed by atoms with E-state index in [0.29, 0.717) is 31.7 Å². The zero-order valence-electron chi connectivity index (χ0n) is 25.6. The standard InChI is InChI=1S/C32H51NO9/c1-6-16(3)27(37)41-26-24(36)23-17(14-33-13-15(2)7-8-21(33)29(23,5)38)18-12-30-25(31(18,26)39)19(34)11-20-28(30,4)10-9-22(35)32(20,40)42-30/h15-26,34-36,38-40H,6-14H2,1-5H3/t15-,16+,17-,18-,19+,20-,21-,22-,23+,24+,25+,26-,28-,29+,30+,31-,32-/m0/s1. The number of nitrogens with zero attached hydrogens (tertiary/aromatic N) is 1. The van der Waals surface area contributed by atoms with Crippen LogP contribution in [0.1, 0.15) is 79.6 Å². The highest BCUT2D eigenvalue weighted by Crippen LogP contribution is 2.77. The number of carbonyl (C=O) groups is 1. The normalized spacial score (nSPS) is 60.6. The molecule has 238 valence electrons. The van der Waals surface area contributed by atoms with Gasteiger partial charge in [0.15, 0.2) is 11.9 Å². The SMILES string of the molecule is CC[C@@H](C)C(=O)O[C@H]1[C@H](O)[C@H]2[C@@H](CN3C[C@@H](C)CC[C@H]3[C@@]2(C)O)[C@@H]2C[C@@]34O[C@@]5(O)[C@@H](C[C@@H](O)[C@H]3[C@@]21O)[C@]4(C)CC[C@@H]5O. The lowest BCUT2D eigenvalue weighted by Gasteiger charge is -2.64. The van der Waals surface area contributed by atoms with Crippen molar-refractivity contribution in [3.8, 4) is 0 Å².